The Labute approximate surface area is 150 Å². The van der Waals surface area contributed by atoms with Gasteiger partial charge < -0.3 is 15.2 Å². The number of nitrogens with one attached hydrogen (secondary N) is 2. The van der Waals surface area contributed by atoms with Crippen LogP contribution in [0.25, 0.3) is 0 Å². The molecule has 1 aliphatic carbocycles. The third-order valence-electron chi connectivity index (χ3n) is 6.06. The highest BCUT2D eigenvalue weighted by Crippen LogP contribution is 2.23. The number of aromatic nitrogens is 1. The van der Waals surface area contributed by atoms with Gasteiger partial charge in [-0.05, 0) is 57.6 Å². The van der Waals surface area contributed by atoms with E-state index in [9.17, 15) is 9.59 Å². The predicted molar refractivity (Wildman–Crippen MR) is 98.6 cm³/mol. The summed E-state index contributed by atoms with van der Waals surface area (Å²) in [6, 6.07) is 0.336. The largest absolute Gasteiger partial charge is 0.354 e. The lowest BCUT2D eigenvalue weighted by molar-refractivity contribution is -0.127. The molecule has 0 radical (unpaired) electrons. The maximum absolute atomic E-state index is 12.9. The van der Waals surface area contributed by atoms with E-state index in [1.807, 2.05) is 25.7 Å². The molecule has 0 spiro atoms. The summed E-state index contributed by atoms with van der Waals surface area (Å²) in [7, 11) is 0. The van der Waals surface area contributed by atoms with Gasteiger partial charge in [-0.25, -0.2) is 0 Å². The van der Waals surface area contributed by atoms with Crippen LogP contribution in [0.5, 0.6) is 0 Å². The highest BCUT2D eigenvalue weighted by molar-refractivity contribution is 5.95. The zero-order valence-electron chi connectivity index (χ0n) is 15.8. The van der Waals surface area contributed by atoms with Gasteiger partial charge in [0.1, 0.15) is 5.69 Å². The number of hydrogen-bond acceptors (Lipinski definition) is 2. The molecule has 2 heterocycles. The second kappa shape index (κ2) is 7.63. The lowest BCUT2D eigenvalue weighted by atomic mass is 9.93. The molecule has 0 unspecified atom stereocenters. The summed E-state index contributed by atoms with van der Waals surface area (Å²) < 4.78 is 0. The number of likely N-dealkylation sites (tertiary alicyclic amines) is 1. The minimum Gasteiger partial charge on any atom is -0.354 e. The van der Waals surface area contributed by atoms with Crippen LogP contribution >= 0.6 is 0 Å². The van der Waals surface area contributed by atoms with Crippen molar-refractivity contribution in [3.63, 3.8) is 0 Å². The SMILES string of the molecule is Cc1[nH]c(C(=O)N2CCC[C@H](C(=O)NC3CCCCC3)C2)c(C)c1C. The van der Waals surface area contributed by atoms with E-state index in [2.05, 4.69) is 10.3 Å². The van der Waals surface area contributed by atoms with Gasteiger partial charge in [0.15, 0.2) is 0 Å². The topological polar surface area (TPSA) is 65.2 Å². The minimum atomic E-state index is -0.0721. The number of aromatic amines is 1. The second-order valence-corrected chi connectivity index (χ2v) is 7.81. The fourth-order valence-electron chi connectivity index (χ4n) is 4.16. The van der Waals surface area contributed by atoms with Crippen LogP contribution in [0, 0.1) is 26.7 Å². The maximum atomic E-state index is 12.9. The summed E-state index contributed by atoms with van der Waals surface area (Å²) in [5.74, 6) is 0.0981. The normalized spacial score (nSPS) is 22.0. The molecule has 2 aliphatic rings. The number of nitrogens with zero attached hydrogens (tertiary/aromatic N) is 1. The lowest BCUT2D eigenvalue weighted by Gasteiger charge is -2.33. The Bertz CT molecular complexity index is 644. The molecule has 1 atom stereocenters. The summed E-state index contributed by atoms with van der Waals surface area (Å²) in [5, 5.41) is 3.23. The Morgan fingerprint density at radius 2 is 1.72 bits per heavy atom. The van der Waals surface area contributed by atoms with Crippen molar-refractivity contribution >= 4 is 11.8 Å². The molecule has 1 aromatic heterocycles. The number of hydrogen-bond donors (Lipinski definition) is 2. The Kier molecular flexibility index (Phi) is 5.50. The lowest BCUT2D eigenvalue weighted by Crippen LogP contribution is -2.48. The van der Waals surface area contributed by atoms with Crippen molar-refractivity contribution in [2.75, 3.05) is 13.1 Å². The fourth-order valence-corrected chi connectivity index (χ4v) is 4.16. The number of rotatable bonds is 3. The molecule has 2 amide bonds. The average Bonchev–Trinajstić information content (AvgIpc) is 2.89. The van der Waals surface area contributed by atoms with Crippen LogP contribution in [-0.2, 0) is 4.79 Å². The highest BCUT2D eigenvalue weighted by atomic mass is 16.2. The van der Waals surface area contributed by atoms with E-state index in [1.54, 1.807) is 0 Å². The molecule has 2 N–H and O–H groups in total. The van der Waals surface area contributed by atoms with E-state index in [0.717, 1.165) is 49.0 Å². The molecule has 3 rings (SSSR count). The summed E-state index contributed by atoms with van der Waals surface area (Å²) in [4.78, 5) is 30.6. The van der Waals surface area contributed by atoms with Crippen molar-refractivity contribution in [3.8, 4) is 0 Å². The summed E-state index contributed by atoms with van der Waals surface area (Å²) >= 11 is 0. The van der Waals surface area contributed by atoms with Crippen molar-refractivity contribution in [3.05, 3.63) is 22.5 Å². The Morgan fingerprint density at radius 1 is 1.00 bits per heavy atom. The van der Waals surface area contributed by atoms with Crippen LogP contribution in [0.15, 0.2) is 0 Å². The van der Waals surface area contributed by atoms with Crippen LogP contribution in [0.2, 0.25) is 0 Å². The molecule has 1 saturated heterocycles. The van der Waals surface area contributed by atoms with E-state index in [4.69, 9.17) is 0 Å². The first-order valence-electron chi connectivity index (χ1n) is 9.72. The number of amides is 2. The van der Waals surface area contributed by atoms with E-state index in [-0.39, 0.29) is 17.7 Å². The van der Waals surface area contributed by atoms with Gasteiger partial charge in [-0.15, -0.1) is 0 Å². The summed E-state index contributed by atoms with van der Waals surface area (Å²) in [5.41, 5.74) is 3.90. The molecule has 0 aromatic carbocycles. The number of piperidine rings is 1. The van der Waals surface area contributed by atoms with Gasteiger partial charge in [0.05, 0.1) is 5.92 Å². The predicted octanol–water partition coefficient (Wildman–Crippen LogP) is 3.24. The smallest absolute Gasteiger partial charge is 0.270 e. The fraction of sp³-hybridized carbons (Fsp3) is 0.700. The standard InChI is InChI=1S/C20H31N3O2/c1-13-14(2)18(21-15(13)3)20(25)23-11-7-8-16(12-23)19(24)22-17-9-5-4-6-10-17/h16-17,21H,4-12H2,1-3H3,(H,22,24)/t16-/m0/s1. The monoisotopic (exact) mass is 345 g/mol. The quantitative estimate of drug-likeness (QED) is 0.883. The summed E-state index contributed by atoms with van der Waals surface area (Å²) in [6.07, 6.45) is 7.68. The first-order valence-corrected chi connectivity index (χ1v) is 9.72. The third kappa shape index (κ3) is 3.91. The van der Waals surface area contributed by atoms with Crippen LogP contribution in [-0.4, -0.2) is 40.8 Å². The van der Waals surface area contributed by atoms with E-state index in [1.165, 1.54) is 19.3 Å². The molecule has 2 fully saturated rings. The van der Waals surface area contributed by atoms with Crippen molar-refractivity contribution in [2.24, 2.45) is 5.92 Å². The Morgan fingerprint density at radius 3 is 2.36 bits per heavy atom. The second-order valence-electron chi connectivity index (χ2n) is 7.81. The Balaban J connectivity index is 1.63. The number of carbonyl (C=O) groups excluding carboxylic acids is 2. The van der Waals surface area contributed by atoms with Crippen molar-refractivity contribution in [1.82, 2.24) is 15.2 Å². The van der Waals surface area contributed by atoms with Gasteiger partial charge in [-0.2, -0.15) is 0 Å². The van der Waals surface area contributed by atoms with Gasteiger partial charge in [0.2, 0.25) is 5.91 Å². The third-order valence-corrected chi connectivity index (χ3v) is 6.06. The van der Waals surface area contributed by atoms with Crippen LogP contribution in [0.1, 0.15) is 72.3 Å². The molecule has 0 bridgehead atoms. The zero-order chi connectivity index (χ0) is 18.0. The number of carbonyl (C=O) groups is 2. The number of H-pyrrole nitrogens is 1. The molecule has 1 aromatic rings. The van der Waals surface area contributed by atoms with Crippen molar-refractivity contribution < 1.29 is 9.59 Å². The number of aryl methyl sites for hydroxylation is 1. The molecule has 5 nitrogen and oxygen atoms in total. The van der Waals surface area contributed by atoms with Crippen LogP contribution < -0.4 is 5.32 Å². The first kappa shape index (κ1) is 18.0. The molecule has 5 heteroatoms. The van der Waals surface area contributed by atoms with Crippen molar-refractivity contribution in [2.45, 2.75) is 71.8 Å². The Hall–Kier alpha value is -1.78. The van der Waals surface area contributed by atoms with Gasteiger partial charge in [-0.3, -0.25) is 9.59 Å². The van der Waals surface area contributed by atoms with E-state index < -0.39 is 0 Å². The van der Waals surface area contributed by atoms with Gasteiger partial charge in [-0.1, -0.05) is 19.3 Å². The first-order chi connectivity index (χ1) is 12.0. The maximum Gasteiger partial charge on any atom is 0.270 e. The molecule has 1 saturated carbocycles. The minimum absolute atomic E-state index is 0.0314. The van der Waals surface area contributed by atoms with Gasteiger partial charge in [0.25, 0.3) is 5.91 Å². The highest BCUT2D eigenvalue weighted by Gasteiger charge is 2.31. The molecule has 138 valence electrons. The average molecular weight is 345 g/mol. The molecule has 1 aliphatic heterocycles. The zero-order valence-corrected chi connectivity index (χ0v) is 15.8. The van der Waals surface area contributed by atoms with Gasteiger partial charge >= 0.3 is 0 Å². The van der Waals surface area contributed by atoms with Crippen LogP contribution in [0.4, 0.5) is 0 Å². The summed E-state index contributed by atoms with van der Waals surface area (Å²) in [6.45, 7) is 7.30. The van der Waals surface area contributed by atoms with Gasteiger partial charge in [0, 0.05) is 24.8 Å². The molecule has 25 heavy (non-hydrogen) atoms. The molecular weight excluding hydrogens is 314 g/mol. The van der Waals surface area contributed by atoms with E-state index in [0.29, 0.717) is 18.3 Å². The van der Waals surface area contributed by atoms with Crippen molar-refractivity contribution in [1.29, 1.82) is 0 Å². The van der Waals surface area contributed by atoms with E-state index >= 15 is 0 Å². The molecular formula is C20H31N3O2. The van der Waals surface area contributed by atoms with Crippen LogP contribution in [0.3, 0.4) is 0 Å².